The number of methoxy groups -OCH3 is 1. The van der Waals surface area contributed by atoms with Gasteiger partial charge in [0.1, 0.15) is 23.8 Å². The number of sulfonamides is 1. The molecule has 36 heavy (non-hydrogen) atoms. The molecule has 0 spiro atoms. The first-order valence-corrected chi connectivity index (χ1v) is 13.4. The third-order valence-electron chi connectivity index (χ3n) is 6.12. The van der Waals surface area contributed by atoms with E-state index in [0.717, 1.165) is 17.7 Å². The molecule has 11 heteroatoms. The molecule has 0 amide bonds. The van der Waals surface area contributed by atoms with Gasteiger partial charge >= 0.3 is 5.97 Å². The molecule has 4 rings (SSSR count). The highest BCUT2D eigenvalue weighted by Crippen LogP contribution is 2.38. The van der Waals surface area contributed by atoms with Crippen LogP contribution in [0.1, 0.15) is 37.1 Å². The summed E-state index contributed by atoms with van der Waals surface area (Å²) in [7, 11) is -0.752. The number of carbonyl (C=O) groups is 1. The van der Waals surface area contributed by atoms with E-state index < -0.39 is 16.1 Å². The fraction of sp³-hybridized carbons (Fsp3) is 0.360. The second-order valence-electron chi connectivity index (χ2n) is 8.31. The molecule has 0 aliphatic heterocycles. The number of hydrogen-bond acceptors (Lipinski definition) is 7. The van der Waals surface area contributed by atoms with E-state index in [9.17, 15) is 13.2 Å². The van der Waals surface area contributed by atoms with Crippen molar-refractivity contribution in [1.29, 1.82) is 0 Å². The average molecular weight is 534 g/mol. The third-order valence-corrected chi connectivity index (χ3v) is 8.28. The number of fused-ring (bicyclic) bond motifs is 1. The summed E-state index contributed by atoms with van der Waals surface area (Å²) in [6.07, 6.45) is 3.76. The first kappa shape index (κ1) is 26.0. The van der Waals surface area contributed by atoms with E-state index in [4.69, 9.17) is 25.8 Å². The topological polar surface area (TPSA) is 100.0 Å². The Labute approximate surface area is 215 Å². The molecule has 0 saturated carbocycles. The van der Waals surface area contributed by atoms with Gasteiger partial charge in [0.15, 0.2) is 0 Å². The van der Waals surface area contributed by atoms with E-state index in [-0.39, 0.29) is 22.4 Å². The average Bonchev–Trinajstić information content (AvgIpc) is 3.28. The summed E-state index contributed by atoms with van der Waals surface area (Å²) in [6.45, 7) is 2.03. The SMILES string of the molecule is CCOC(=O)Cn1ncc2c1CCC[C@H]2N(C)S(=O)(=O)c1ccc(Oc2ccc(OC)cc2)c(Cl)c1. The van der Waals surface area contributed by atoms with E-state index in [1.54, 1.807) is 56.2 Å². The minimum atomic E-state index is -3.88. The van der Waals surface area contributed by atoms with Crippen molar-refractivity contribution in [3.05, 3.63) is 64.9 Å². The molecular weight excluding hydrogens is 506 g/mol. The second kappa shape index (κ2) is 10.9. The van der Waals surface area contributed by atoms with Gasteiger partial charge in [0.05, 0.1) is 35.9 Å². The Bertz CT molecular complexity index is 1340. The van der Waals surface area contributed by atoms with Crippen LogP contribution in [-0.4, -0.2) is 49.2 Å². The monoisotopic (exact) mass is 533 g/mol. The van der Waals surface area contributed by atoms with Crippen molar-refractivity contribution >= 4 is 27.6 Å². The van der Waals surface area contributed by atoms with Gasteiger partial charge in [0.25, 0.3) is 0 Å². The molecule has 9 nitrogen and oxygen atoms in total. The molecule has 1 atom stereocenters. The molecule has 0 saturated heterocycles. The minimum Gasteiger partial charge on any atom is -0.497 e. The molecule has 0 N–H and O–H groups in total. The van der Waals surface area contributed by atoms with Crippen molar-refractivity contribution in [2.24, 2.45) is 0 Å². The van der Waals surface area contributed by atoms with Crippen LogP contribution in [0.25, 0.3) is 0 Å². The standard InChI is InChI=1S/C25H28ClN3O6S/c1-4-34-25(30)16-29-23-7-5-6-22(20(23)15-27-29)28(2)36(31,32)19-12-13-24(21(26)14-19)35-18-10-8-17(33-3)9-11-18/h8-15,22H,4-7,16H2,1-3H3/t22-/m1/s1. The predicted molar refractivity (Wildman–Crippen MR) is 134 cm³/mol. The minimum absolute atomic E-state index is 0.00236. The quantitative estimate of drug-likeness (QED) is 0.370. The number of ether oxygens (including phenoxy) is 3. The van der Waals surface area contributed by atoms with Gasteiger partial charge in [-0.05, 0) is 68.7 Å². The normalized spacial score (nSPS) is 15.4. The van der Waals surface area contributed by atoms with Crippen LogP contribution in [0.4, 0.5) is 0 Å². The van der Waals surface area contributed by atoms with Crippen molar-refractivity contribution in [2.45, 2.75) is 43.7 Å². The molecular formula is C25H28ClN3O6S. The summed E-state index contributed by atoms with van der Waals surface area (Å²) in [5.41, 5.74) is 1.64. The molecule has 2 aromatic carbocycles. The molecule has 0 fully saturated rings. The maximum absolute atomic E-state index is 13.5. The van der Waals surface area contributed by atoms with E-state index in [1.807, 2.05) is 0 Å². The van der Waals surface area contributed by atoms with Gasteiger partial charge in [-0.1, -0.05) is 11.6 Å². The first-order valence-electron chi connectivity index (χ1n) is 11.5. The maximum atomic E-state index is 13.5. The van der Waals surface area contributed by atoms with Crippen LogP contribution in [0.15, 0.2) is 53.6 Å². The lowest BCUT2D eigenvalue weighted by atomic mass is 9.93. The number of benzene rings is 2. The predicted octanol–water partition coefficient (Wildman–Crippen LogP) is 4.60. The van der Waals surface area contributed by atoms with Crippen molar-refractivity contribution in [3.63, 3.8) is 0 Å². The fourth-order valence-corrected chi connectivity index (χ4v) is 5.94. The Morgan fingerprint density at radius 1 is 1.19 bits per heavy atom. The molecule has 1 aliphatic rings. The first-order chi connectivity index (χ1) is 17.2. The van der Waals surface area contributed by atoms with Crippen molar-refractivity contribution in [2.75, 3.05) is 20.8 Å². The van der Waals surface area contributed by atoms with Gasteiger partial charge in [-0.25, -0.2) is 8.42 Å². The molecule has 192 valence electrons. The van der Waals surface area contributed by atoms with Gasteiger partial charge in [-0.2, -0.15) is 9.40 Å². The van der Waals surface area contributed by atoms with Crippen LogP contribution < -0.4 is 9.47 Å². The summed E-state index contributed by atoms with van der Waals surface area (Å²) < 4.78 is 45.9. The Kier molecular flexibility index (Phi) is 7.87. The summed E-state index contributed by atoms with van der Waals surface area (Å²) in [4.78, 5) is 12.0. The van der Waals surface area contributed by atoms with E-state index >= 15 is 0 Å². The summed E-state index contributed by atoms with van der Waals surface area (Å²) in [5.74, 6) is 1.19. The van der Waals surface area contributed by atoms with Crippen molar-refractivity contribution < 1.29 is 27.4 Å². The number of rotatable bonds is 9. The molecule has 0 bridgehead atoms. The van der Waals surface area contributed by atoms with E-state index in [0.29, 0.717) is 36.7 Å². The van der Waals surface area contributed by atoms with Crippen molar-refractivity contribution in [3.8, 4) is 17.2 Å². The Morgan fingerprint density at radius 3 is 2.58 bits per heavy atom. The highest BCUT2D eigenvalue weighted by atomic mass is 35.5. The zero-order valence-corrected chi connectivity index (χ0v) is 21.9. The number of halogens is 1. The zero-order valence-electron chi connectivity index (χ0n) is 20.3. The highest BCUT2D eigenvalue weighted by Gasteiger charge is 2.34. The number of nitrogens with zero attached hydrogens (tertiary/aromatic N) is 3. The van der Waals surface area contributed by atoms with E-state index in [2.05, 4.69) is 5.10 Å². The molecule has 3 aromatic rings. The lowest BCUT2D eigenvalue weighted by Gasteiger charge is -2.31. The summed E-state index contributed by atoms with van der Waals surface area (Å²) >= 11 is 6.40. The van der Waals surface area contributed by atoms with E-state index in [1.165, 1.54) is 22.5 Å². The van der Waals surface area contributed by atoms with Gasteiger partial charge in [0.2, 0.25) is 10.0 Å². The number of esters is 1. The molecule has 1 aliphatic carbocycles. The molecule has 1 heterocycles. The highest BCUT2D eigenvalue weighted by molar-refractivity contribution is 7.89. The smallest absolute Gasteiger partial charge is 0.327 e. The molecule has 1 aromatic heterocycles. The van der Waals surface area contributed by atoms with Crippen LogP contribution in [-0.2, 0) is 32.5 Å². The Morgan fingerprint density at radius 2 is 1.92 bits per heavy atom. The van der Waals surface area contributed by atoms with Crippen LogP contribution in [0, 0.1) is 0 Å². The van der Waals surface area contributed by atoms with Crippen LogP contribution in [0.5, 0.6) is 17.2 Å². The Balaban J connectivity index is 1.54. The van der Waals surface area contributed by atoms with Crippen molar-refractivity contribution in [1.82, 2.24) is 14.1 Å². The van der Waals surface area contributed by atoms with Gasteiger partial charge in [0, 0.05) is 18.3 Å². The number of aromatic nitrogens is 2. The summed E-state index contributed by atoms with van der Waals surface area (Å²) in [5, 5.41) is 4.51. The van der Waals surface area contributed by atoms with Gasteiger partial charge in [-0.15, -0.1) is 0 Å². The van der Waals surface area contributed by atoms with Crippen LogP contribution in [0.2, 0.25) is 5.02 Å². The maximum Gasteiger partial charge on any atom is 0.327 e. The van der Waals surface area contributed by atoms with Crippen LogP contribution in [0.3, 0.4) is 0 Å². The zero-order chi connectivity index (χ0) is 25.9. The second-order valence-corrected chi connectivity index (χ2v) is 10.7. The number of carbonyl (C=O) groups excluding carboxylic acids is 1. The van der Waals surface area contributed by atoms with Gasteiger partial charge < -0.3 is 14.2 Å². The lowest BCUT2D eigenvalue weighted by molar-refractivity contribution is -0.144. The summed E-state index contributed by atoms with van der Waals surface area (Å²) in [6, 6.07) is 11.0. The lowest BCUT2D eigenvalue weighted by Crippen LogP contribution is -2.33. The third kappa shape index (κ3) is 5.35. The fourth-order valence-electron chi connectivity index (χ4n) is 4.27. The molecule has 0 radical (unpaired) electrons. The number of hydrogen-bond donors (Lipinski definition) is 0. The largest absolute Gasteiger partial charge is 0.497 e. The molecule has 0 unspecified atom stereocenters. The Hall–Kier alpha value is -3.08. The van der Waals surface area contributed by atoms with Crippen LogP contribution >= 0.6 is 11.6 Å². The van der Waals surface area contributed by atoms with Gasteiger partial charge in [-0.3, -0.25) is 9.48 Å².